The zero-order valence-electron chi connectivity index (χ0n) is 8.53. The molecule has 0 spiro atoms. The SMILES string of the molecule is CC(=O)O.C[C@H](CO)C[C@@H](C)CO. The molecule has 0 saturated heterocycles. The van der Waals surface area contributed by atoms with Crippen LogP contribution in [-0.2, 0) is 4.79 Å². The number of carboxylic acids is 1. The first kappa shape index (κ1) is 14.9. The van der Waals surface area contributed by atoms with E-state index in [1.54, 1.807) is 0 Å². The maximum atomic E-state index is 9.00. The van der Waals surface area contributed by atoms with E-state index in [9.17, 15) is 0 Å². The van der Waals surface area contributed by atoms with Crippen molar-refractivity contribution in [2.45, 2.75) is 27.2 Å². The van der Waals surface area contributed by atoms with Gasteiger partial charge in [-0.3, -0.25) is 4.79 Å². The Morgan fingerprint density at radius 1 is 1.15 bits per heavy atom. The van der Waals surface area contributed by atoms with E-state index in [1.807, 2.05) is 13.8 Å². The quantitative estimate of drug-likeness (QED) is 0.613. The Balaban J connectivity index is 0. The molecule has 0 unspecified atom stereocenters. The molecule has 4 heteroatoms. The van der Waals surface area contributed by atoms with Crippen LogP contribution in [-0.4, -0.2) is 34.5 Å². The van der Waals surface area contributed by atoms with Crippen LogP contribution in [0.5, 0.6) is 0 Å². The Kier molecular flexibility index (Phi) is 10.9. The lowest BCUT2D eigenvalue weighted by Crippen LogP contribution is -2.09. The number of carboxylic acid groups (broad SMARTS) is 1. The Morgan fingerprint density at radius 2 is 1.38 bits per heavy atom. The summed E-state index contributed by atoms with van der Waals surface area (Å²) in [4.78, 5) is 9.00. The summed E-state index contributed by atoms with van der Waals surface area (Å²) in [5.74, 6) is -0.181. The van der Waals surface area contributed by atoms with Crippen LogP contribution in [0.4, 0.5) is 0 Å². The number of rotatable bonds is 4. The summed E-state index contributed by atoms with van der Waals surface area (Å²) in [5.41, 5.74) is 0. The highest BCUT2D eigenvalue weighted by Gasteiger charge is 2.05. The molecule has 80 valence electrons. The van der Waals surface area contributed by atoms with Gasteiger partial charge in [0.15, 0.2) is 0 Å². The first-order valence-corrected chi connectivity index (χ1v) is 4.35. The van der Waals surface area contributed by atoms with Crippen LogP contribution in [0.2, 0.25) is 0 Å². The van der Waals surface area contributed by atoms with Crippen LogP contribution in [0.3, 0.4) is 0 Å². The Labute approximate surface area is 79.2 Å². The van der Waals surface area contributed by atoms with Crippen molar-refractivity contribution >= 4 is 5.97 Å². The third-order valence-electron chi connectivity index (χ3n) is 1.43. The predicted molar refractivity (Wildman–Crippen MR) is 50.4 cm³/mol. The highest BCUT2D eigenvalue weighted by Crippen LogP contribution is 2.09. The fraction of sp³-hybridized carbons (Fsp3) is 0.889. The average molecular weight is 192 g/mol. The molecule has 0 fully saturated rings. The van der Waals surface area contributed by atoms with E-state index in [-0.39, 0.29) is 13.2 Å². The third-order valence-corrected chi connectivity index (χ3v) is 1.43. The molecule has 4 nitrogen and oxygen atoms in total. The molecular weight excluding hydrogens is 172 g/mol. The summed E-state index contributed by atoms with van der Waals surface area (Å²) in [6, 6.07) is 0. The fourth-order valence-electron chi connectivity index (χ4n) is 0.836. The molecule has 0 radical (unpaired) electrons. The predicted octanol–water partition coefficient (Wildman–Crippen LogP) is 0.724. The maximum absolute atomic E-state index is 9.00. The maximum Gasteiger partial charge on any atom is 0.300 e. The van der Waals surface area contributed by atoms with Crippen LogP contribution in [0, 0.1) is 11.8 Å². The largest absolute Gasteiger partial charge is 0.481 e. The Morgan fingerprint density at radius 3 is 1.54 bits per heavy atom. The number of aliphatic hydroxyl groups is 2. The second-order valence-corrected chi connectivity index (χ2v) is 3.33. The molecule has 0 aliphatic rings. The van der Waals surface area contributed by atoms with Crippen molar-refractivity contribution in [1.29, 1.82) is 0 Å². The van der Waals surface area contributed by atoms with Crippen LogP contribution >= 0.6 is 0 Å². The van der Waals surface area contributed by atoms with Gasteiger partial charge in [0.1, 0.15) is 0 Å². The number of hydrogen-bond donors (Lipinski definition) is 3. The van der Waals surface area contributed by atoms with Crippen molar-refractivity contribution in [3.8, 4) is 0 Å². The van der Waals surface area contributed by atoms with Crippen LogP contribution < -0.4 is 0 Å². The van der Waals surface area contributed by atoms with Gasteiger partial charge in [-0.05, 0) is 18.3 Å². The lowest BCUT2D eigenvalue weighted by molar-refractivity contribution is -0.134. The molecule has 0 bridgehead atoms. The van der Waals surface area contributed by atoms with Gasteiger partial charge in [-0.25, -0.2) is 0 Å². The number of aliphatic carboxylic acids is 1. The summed E-state index contributed by atoms with van der Waals surface area (Å²) in [6.07, 6.45) is 0.910. The molecule has 0 aromatic rings. The topological polar surface area (TPSA) is 77.8 Å². The monoisotopic (exact) mass is 192 g/mol. The van der Waals surface area contributed by atoms with E-state index in [0.29, 0.717) is 11.8 Å². The lowest BCUT2D eigenvalue weighted by Gasteiger charge is -2.11. The Hall–Kier alpha value is -0.610. The van der Waals surface area contributed by atoms with Gasteiger partial charge >= 0.3 is 0 Å². The minimum atomic E-state index is -0.833. The van der Waals surface area contributed by atoms with E-state index >= 15 is 0 Å². The van der Waals surface area contributed by atoms with Gasteiger partial charge in [-0.2, -0.15) is 0 Å². The second-order valence-electron chi connectivity index (χ2n) is 3.33. The van der Waals surface area contributed by atoms with Crippen molar-refractivity contribution in [1.82, 2.24) is 0 Å². The highest BCUT2D eigenvalue weighted by molar-refractivity contribution is 5.62. The van der Waals surface area contributed by atoms with Gasteiger partial charge in [0.2, 0.25) is 0 Å². The van der Waals surface area contributed by atoms with Crippen molar-refractivity contribution in [3.05, 3.63) is 0 Å². The normalized spacial score (nSPS) is 13.9. The van der Waals surface area contributed by atoms with Crippen molar-refractivity contribution in [2.24, 2.45) is 11.8 Å². The molecule has 0 rings (SSSR count). The summed E-state index contributed by atoms with van der Waals surface area (Å²) < 4.78 is 0. The van der Waals surface area contributed by atoms with Gasteiger partial charge < -0.3 is 15.3 Å². The molecule has 2 atom stereocenters. The molecule has 0 aliphatic carbocycles. The minimum absolute atomic E-state index is 0.227. The lowest BCUT2D eigenvalue weighted by atomic mass is 9.99. The van der Waals surface area contributed by atoms with E-state index in [2.05, 4.69) is 0 Å². The summed E-state index contributed by atoms with van der Waals surface area (Å²) in [5, 5.41) is 24.6. The first-order chi connectivity index (χ1) is 5.93. The van der Waals surface area contributed by atoms with E-state index in [1.165, 1.54) is 0 Å². The van der Waals surface area contributed by atoms with E-state index in [0.717, 1.165) is 13.3 Å². The third kappa shape index (κ3) is 18.4. The molecule has 0 amide bonds. The smallest absolute Gasteiger partial charge is 0.300 e. The zero-order valence-corrected chi connectivity index (χ0v) is 8.53. The van der Waals surface area contributed by atoms with Crippen molar-refractivity contribution in [2.75, 3.05) is 13.2 Å². The molecule has 3 N–H and O–H groups in total. The van der Waals surface area contributed by atoms with Crippen molar-refractivity contribution in [3.63, 3.8) is 0 Å². The van der Waals surface area contributed by atoms with Gasteiger partial charge in [0.05, 0.1) is 0 Å². The molecule has 0 aliphatic heterocycles. The number of aliphatic hydroxyl groups excluding tert-OH is 2. The minimum Gasteiger partial charge on any atom is -0.481 e. The molecular formula is C9H20O4. The summed E-state index contributed by atoms with van der Waals surface area (Å²) in [7, 11) is 0. The van der Waals surface area contributed by atoms with Gasteiger partial charge in [0, 0.05) is 20.1 Å². The van der Waals surface area contributed by atoms with E-state index in [4.69, 9.17) is 20.1 Å². The molecule has 13 heavy (non-hydrogen) atoms. The number of hydrogen-bond acceptors (Lipinski definition) is 3. The van der Waals surface area contributed by atoms with Crippen LogP contribution in [0.15, 0.2) is 0 Å². The summed E-state index contributed by atoms with van der Waals surface area (Å²) >= 11 is 0. The van der Waals surface area contributed by atoms with Crippen LogP contribution in [0.1, 0.15) is 27.2 Å². The van der Waals surface area contributed by atoms with Gasteiger partial charge in [0.25, 0.3) is 5.97 Å². The van der Waals surface area contributed by atoms with Gasteiger partial charge in [-0.1, -0.05) is 13.8 Å². The zero-order chi connectivity index (χ0) is 10.9. The average Bonchev–Trinajstić information content (AvgIpc) is 2.03. The first-order valence-electron chi connectivity index (χ1n) is 4.35. The summed E-state index contributed by atoms with van der Waals surface area (Å²) in [6.45, 7) is 5.49. The van der Waals surface area contributed by atoms with Gasteiger partial charge in [-0.15, -0.1) is 0 Å². The molecule has 0 heterocycles. The van der Waals surface area contributed by atoms with E-state index < -0.39 is 5.97 Å². The fourth-order valence-corrected chi connectivity index (χ4v) is 0.836. The van der Waals surface area contributed by atoms with Crippen molar-refractivity contribution < 1.29 is 20.1 Å². The molecule has 0 saturated carbocycles. The Bertz CT molecular complexity index is 113. The standard InChI is InChI=1S/C7H16O2.C2H4O2/c1-6(4-8)3-7(2)5-9;1-2(3)4/h6-9H,3-5H2,1-2H3;1H3,(H,3,4)/t6-,7+;. The molecule has 0 aromatic carbocycles. The number of carbonyl (C=O) groups is 1. The van der Waals surface area contributed by atoms with Crippen LogP contribution in [0.25, 0.3) is 0 Å². The second kappa shape index (κ2) is 9.48. The highest BCUT2D eigenvalue weighted by atomic mass is 16.4. The molecule has 0 aromatic heterocycles.